The van der Waals surface area contributed by atoms with Gasteiger partial charge in [-0.2, -0.15) is 0 Å². The standard InChI is InChI=1S/C16H21N5O2/c1-13(22)11-19-6-8-20(9-7-19)16(23)14-2-3-18-15(10-14)21-5-4-17-12-21/h2-5,10,12-13,22H,6-9,11H2,1H3/t13-/m0/s1. The molecule has 2 aromatic heterocycles. The van der Waals surface area contributed by atoms with Crippen molar-refractivity contribution in [3.63, 3.8) is 0 Å². The third kappa shape index (κ3) is 3.75. The molecule has 7 heteroatoms. The lowest BCUT2D eigenvalue weighted by Gasteiger charge is -2.35. The zero-order valence-electron chi connectivity index (χ0n) is 13.2. The fourth-order valence-corrected chi connectivity index (χ4v) is 2.78. The fraction of sp³-hybridized carbons (Fsp3) is 0.438. The van der Waals surface area contributed by atoms with Gasteiger partial charge in [0.1, 0.15) is 12.1 Å². The van der Waals surface area contributed by atoms with E-state index in [0.717, 1.165) is 13.1 Å². The number of aliphatic hydroxyl groups is 1. The Balaban J connectivity index is 1.66. The van der Waals surface area contributed by atoms with Crippen LogP contribution in [0.25, 0.3) is 5.82 Å². The second kappa shape index (κ2) is 6.89. The number of carbonyl (C=O) groups is 1. The lowest BCUT2D eigenvalue weighted by molar-refractivity contribution is 0.0554. The molecule has 0 aliphatic carbocycles. The SMILES string of the molecule is C[C@H](O)CN1CCN(C(=O)c2ccnc(-n3ccnc3)c2)CC1. The van der Waals surface area contributed by atoms with Crippen molar-refractivity contribution < 1.29 is 9.90 Å². The summed E-state index contributed by atoms with van der Waals surface area (Å²) < 4.78 is 1.78. The third-order valence-corrected chi connectivity index (χ3v) is 3.94. The predicted molar refractivity (Wildman–Crippen MR) is 85.4 cm³/mol. The van der Waals surface area contributed by atoms with Gasteiger partial charge in [0.05, 0.1) is 6.10 Å². The molecule has 0 bridgehead atoms. The normalized spacial score (nSPS) is 17.2. The summed E-state index contributed by atoms with van der Waals surface area (Å²) >= 11 is 0. The van der Waals surface area contributed by atoms with Crippen molar-refractivity contribution in [2.45, 2.75) is 13.0 Å². The molecule has 122 valence electrons. The Hall–Kier alpha value is -2.25. The number of rotatable bonds is 4. The van der Waals surface area contributed by atoms with Crippen molar-refractivity contribution in [1.29, 1.82) is 0 Å². The monoisotopic (exact) mass is 315 g/mol. The molecule has 7 nitrogen and oxygen atoms in total. The minimum absolute atomic E-state index is 0.0189. The summed E-state index contributed by atoms with van der Waals surface area (Å²) in [5.74, 6) is 0.701. The number of β-amino-alcohol motifs (C(OH)–C–C–N with tert-alkyl or cyclic N) is 1. The molecular weight excluding hydrogens is 294 g/mol. The first-order valence-corrected chi connectivity index (χ1v) is 7.77. The van der Waals surface area contributed by atoms with Crippen LogP contribution in [0.1, 0.15) is 17.3 Å². The number of nitrogens with zero attached hydrogens (tertiary/aromatic N) is 5. The Morgan fingerprint density at radius 3 is 2.74 bits per heavy atom. The van der Waals surface area contributed by atoms with Gasteiger partial charge in [0.25, 0.3) is 5.91 Å². The molecule has 1 amide bonds. The summed E-state index contributed by atoms with van der Waals surface area (Å²) in [6, 6.07) is 3.52. The Morgan fingerprint density at radius 2 is 2.09 bits per heavy atom. The number of aromatic nitrogens is 3. The van der Waals surface area contributed by atoms with Crippen LogP contribution >= 0.6 is 0 Å². The van der Waals surface area contributed by atoms with E-state index >= 15 is 0 Å². The highest BCUT2D eigenvalue weighted by molar-refractivity contribution is 5.94. The summed E-state index contributed by atoms with van der Waals surface area (Å²) in [5.41, 5.74) is 0.632. The zero-order chi connectivity index (χ0) is 16.2. The average molecular weight is 315 g/mol. The van der Waals surface area contributed by atoms with Gasteiger partial charge in [-0.25, -0.2) is 9.97 Å². The molecular formula is C16H21N5O2. The summed E-state index contributed by atoms with van der Waals surface area (Å²) in [4.78, 5) is 25.0. The number of hydrogen-bond acceptors (Lipinski definition) is 5. The van der Waals surface area contributed by atoms with E-state index in [9.17, 15) is 9.90 Å². The van der Waals surface area contributed by atoms with Crippen molar-refractivity contribution in [2.24, 2.45) is 0 Å². The molecule has 1 saturated heterocycles. The first-order valence-electron chi connectivity index (χ1n) is 7.77. The highest BCUT2D eigenvalue weighted by atomic mass is 16.3. The van der Waals surface area contributed by atoms with Crippen LogP contribution < -0.4 is 0 Å². The molecule has 0 aromatic carbocycles. The molecule has 0 unspecified atom stereocenters. The number of piperazine rings is 1. The van der Waals surface area contributed by atoms with Crippen LogP contribution in [-0.4, -0.2) is 74.2 Å². The first-order chi connectivity index (χ1) is 11.1. The molecule has 2 aromatic rings. The van der Waals surface area contributed by atoms with Crippen LogP contribution in [0.3, 0.4) is 0 Å². The van der Waals surface area contributed by atoms with Gasteiger partial charge in [-0.05, 0) is 19.1 Å². The summed E-state index contributed by atoms with van der Waals surface area (Å²) in [6.07, 6.45) is 6.44. The number of hydrogen-bond donors (Lipinski definition) is 1. The molecule has 1 aliphatic heterocycles. The van der Waals surface area contributed by atoms with Crippen molar-refractivity contribution in [3.8, 4) is 5.82 Å². The molecule has 1 fully saturated rings. The minimum atomic E-state index is -0.338. The van der Waals surface area contributed by atoms with Crippen molar-refractivity contribution in [3.05, 3.63) is 42.6 Å². The van der Waals surface area contributed by atoms with Crippen LogP contribution in [0.5, 0.6) is 0 Å². The van der Waals surface area contributed by atoms with E-state index in [0.29, 0.717) is 31.0 Å². The van der Waals surface area contributed by atoms with Gasteiger partial charge in [0, 0.05) is 56.9 Å². The number of carbonyl (C=O) groups excluding carboxylic acids is 1. The molecule has 1 atom stereocenters. The third-order valence-electron chi connectivity index (χ3n) is 3.94. The molecule has 3 heterocycles. The van der Waals surface area contributed by atoms with Crippen LogP contribution in [-0.2, 0) is 0 Å². The largest absolute Gasteiger partial charge is 0.392 e. The lowest BCUT2D eigenvalue weighted by Crippen LogP contribution is -2.50. The maximum Gasteiger partial charge on any atom is 0.254 e. The highest BCUT2D eigenvalue weighted by Gasteiger charge is 2.23. The molecule has 1 aliphatic rings. The predicted octanol–water partition coefficient (Wildman–Crippen LogP) is 0.406. The number of imidazole rings is 1. The summed E-state index contributed by atoms with van der Waals surface area (Å²) in [7, 11) is 0. The van der Waals surface area contributed by atoms with E-state index in [2.05, 4.69) is 14.9 Å². The van der Waals surface area contributed by atoms with E-state index in [4.69, 9.17) is 0 Å². The number of aliphatic hydroxyl groups excluding tert-OH is 1. The minimum Gasteiger partial charge on any atom is -0.392 e. The highest BCUT2D eigenvalue weighted by Crippen LogP contribution is 2.12. The number of amides is 1. The van der Waals surface area contributed by atoms with E-state index in [1.807, 2.05) is 4.90 Å². The summed E-state index contributed by atoms with van der Waals surface area (Å²) in [5, 5.41) is 9.44. The zero-order valence-corrected chi connectivity index (χ0v) is 13.2. The topological polar surface area (TPSA) is 74.5 Å². The second-order valence-corrected chi connectivity index (χ2v) is 5.81. The summed E-state index contributed by atoms with van der Waals surface area (Å²) in [6.45, 7) is 5.36. The van der Waals surface area contributed by atoms with Crippen LogP contribution in [0, 0.1) is 0 Å². The Morgan fingerprint density at radius 1 is 1.30 bits per heavy atom. The quantitative estimate of drug-likeness (QED) is 0.884. The lowest BCUT2D eigenvalue weighted by atomic mass is 10.2. The maximum absolute atomic E-state index is 12.7. The Kier molecular flexibility index (Phi) is 4.68. The molecule has 3 rings (SSSR count). The van der Waals surface area contributed by atoms with Crippen molar-refractivity contribution in [1.82, 2.24) is 24.3 Å². The maximum atomic E-state index is 12.7. The molecule has 23 heavy (non-hydrogen) atoms. The fourth-order valence-electron chi connectivity index (χ4n) is 2.78. The van der Waals surface area contributed by atoms with E-state index in [1.165, 1.54) is 0 Å². The smallest absolute Gasteiger partial charge is 0.254 e. The van der Waals surface area contributed by atoms with E-state index in [-0.39, 0.29) is 12.0 Å². The second-order valence-electron chi connectivity index (χ2n) is 5.81. The van der Waals surface area contributed by atoms with Crippen LogP contribution in [0.4, 0.5) is 0 Å². The van der Waals surface area contributed by atoms with Gasteiger partial charge >= 0.3 is 0 Å². The van der Waals surface area contributed by atoms with E-state index in [1.54, 1.807) is 48.5 Å². The van der Waals surface area contributed by atoms with Gasteiger partial charge < -0.3 is 10.0 Å². The van der Waals surface area contributed by atoms with Crippen molar-refractivity contribution in [2.75, 3.05) is 32.7 Å². The first kappa shape index (κ1) is 15.6. The molecule has 0 radical (unpaired) electrons. The van der Waals surface area contributed by atoms with Gasteiger partial charge in [-0.1, -0.05) is 0 Å². The van der Waals surface area contributed by atoms with Crippen LogP contribution in [0.15, 0.2) is 37.1 Å². The van der Waals surface area contributed by atoms with Gasteiger partial charge in [-0.3, -0.25) is 14.3 Å². The van der Waals surface area contributed by atoms with Crippen LogP contribution in [0.2, 0.25) is 0 Å². The average Bonchev–Trinajstić information content (AvgIpc) is 3.09. The number of pyridine rings is 1. The Labute approximate surface area is 135 Å². The van der Waals surface area contributed by atoms with Crippen molar-refractivity contribution >= 4 is 5.91 Å². The van der Waals surface area contributed by atoms with Gasteiger partial charge in [0.2, 0.25) is 0 Å². The van der Waals surface area contributed by atoms with Gasteiger partial charge in [-0.15, -0.1) is 0 Å². The molecule has 0 spiro atoms. The molecule has 0 saturated carbocycles. The Bertz CT molecular complexity index is 648. The van der Waals surface area contributed by atoms with Gasteiger partial charge in [0.15, 0.2) is 0 Å². The molecule has 1 N–H and O–H groups in total. The van der Waals surface area contributed by atoms with E-state index < -0.39 is 0 Å².